The van der Waals surface area contributed by atoms with Crippen molar-refractivity contribution >= 4 is 38.2 Å². The number of methoxy groups -OCH3 is 1. The third-order valence-electron chi connectivity index (χ3n) is 5.26. The molecule has 0 saturated carbocycles. The maximum Gasteiger partial charge on any atom is 0.341 e. The lowest BCUT2D eigenvalue weighted by Gasteiger charge is -2.26. The van der Waals surface area contributed by atoms with Gasteiger partial charge in [-0.1, -0.05) is 0 Å². The van der Waals surface area contributed by atoms with Crippen LogP contribution in [0.1, 0.15) is 37.6 Å². The minimum Gasteiger partial charge on any atom is -0.465 e. The van der Waals surface area contributed by atoms with Crippen LogP contribution in [0.25, 0.3) is 0 Å². The summed E-state index contributed by atoms with van der Waals surface area (Å²) in [5, 5.41) is 3.27. The third-order valence-corrected chi connectivity index (χ3v) is 8.38. The summed E-state index contributed by atoms with van der Waals surface area (Å²) in [6.45, 7) is 1.36. The minimum atomic E-state index is -3.62. The molecule has 1 aromatic carbocycles. The molecule has 0 atom stereocenters. The molecule has 0 bridgehead atoms. The number of thiophene rings is 1. The van der Waals surface area contributed by atoms with E-state index in [9.17, 15) is 18.0 Å². The average Bonchev–Trinajstić information content (AvgIpc) is 3.34. The van der Waals surface area contributed by atoms with Crippen molar-refractivity contribution in [3.8, 4) is 0 Å². The Morgan fingerprint density at radius 2 is 1.83 bits per heavy atom. The molecule has 1 amide bonds. The number of esters is 1. The summed E-state index contributed by atoms with van der Waals surface area (Å²) in [6.07, 6.45) is 2.66. The van der Waals surface area contributed by atoms with Gasteiger partial charge in [-0.2, -0.15) is 4.31 Å². The molecule has 0 radical (unpaired) electrons. The number of morpholine rings is 1. The Morgan fingerprint density at radius 1 is 1.13 bits per heavy atom. The van der Waals surface area contributed by atoms with E-state index in [1.165, 1.54) is 47.0 Å². The number of aryl methyl sites for hydroxylation is 1. The molecule has 8 nitrogen and oxygen atoms in total. The van der Waals surface area contributed by atoms with Gasteiger partial charge in [0.05, 0.1) is 30.8 Å². The topological polar surface area (TPSA) is 102 Å². The van der Waals surface area contributed by atoms with Gasteiger partial charge in [-0.05, 0) is 49.1 Å². The van der Waals surface area contributed by atoms with E-state index in [4.69, 9.17) is 9.47 Å². The SMILES string of the molecule is COC(=O)c1c(NC(=O)c2ccc(S(=O)(=O)N3CCOCC3)cc2)sc2c1CCC2. The zero-order chi connectivity index (χ0) is 21.3. The highest BCUT2D eigenvalue weighted by Crippen LogP contribution is 2.39. The number of anilines is 1. The van der Waals surface area contributed by atoms with E-state index < -0.39 is 21.9 Å². The van der Waals surface area contributed by atoms with Crippen LogP contribution in [0.5, 0.6) is 0 Å². The van der Waals surface area contributed by atoms with Gasteiger partial charge in [0.1, 0.15) is 5.00 Å². The lowest BCUT2D eigenvalue weighted by atomic mass is 10.1. The molecule has 2 heterocycles. The van der Waals surface area contributed by atoms with E-state index in [1.54, 1.807) is 0 Å². The Morgan fingerprint density at radius 3 is 2.50 bits per heavy atom. The number of fused-ring (bicyclic) bond motifs is 1. The van der Waals surface area contributed by atoms with Crippen LogP contribution in [0.15, 0.2) is 29.2 Å². The summed E-state index contributed by atoms with van der Waals surface area (Å²) >= 11 is 1.39. The van der Waals surface area contributed by atoms with Crippen molar-refractivity contribution in [1.82, 2.24) is 4.31 Å². The number of benzene rings is 1. The number of nitrogens with one attached hydrogen (secondary N) is 1. The quantitative estimate of drug-likeness (QED) is 0.702. The van der Waals surface area contributed by atoms with Crippen LogP contribution in [-0.4, -0.2) is 58.0 Å². The van der Waals surface area contributed by atoms with Gasteiger partial charge in [-0.3, -0.25) is 4.79 Å². The Kier molecular flexibility index (Phi) is 5.92. The molecule has 1 N–H and O–H groups in total. The molecule has 0 unspecified atom stereocenters. The maximum atomic E-state index is 12.7. The van der Waals surface area contributed by atoms with Crippen LogP contribution in [0, 0.1) is 0 Å². The zero-order valence-corrected chi connectivity index (χ0v) is 18.1. The molecule has 1 saturated heterocycles. The van der Waals surface area contributed by atoms with Gasteiger partial charge >= 0.3 is 5.97 Å². The third kappa shape index (κ3) is 3.87. The van der Waals surface area contributed by atoms with Gasteiger partial charge in [0, 0.05) is 23.5 Å². The summed E-state index contributed by atoms with van der Waals surface area (Å²) in [5.74, 6) is -0.868. The first-order chi connectivity index (χ1) is 14.4. The highest BCUT2D eigenvalue weighted by Gasteiger charge is 2.29. The molecule has 160 valence electrons. The van der Waals surface area contributed by atoms with Crippen molar-refractivity contribution in [3.63, 3.8) is 0 Å². The second-order valence-electron chi connectivity index (χ2n) is 7.05. The molecule has 2 aliphatic rings. The van der Waals surface area contributed by atoms with Gasteiger partial charge in [-0.25, -0.2) is 13.2 Å². The number of carbonyl (C=O) groups is 2. The van der Waals surface area contributed by atoms with Crippen molar-refractivity contribution in [1.29, 1.82) is 0 Å². The largest absolute Gasteiger partial charge is 0.465 e. The van der Waals surface area contributed by atoms with E-state index in [0.29, 0.717) is 42.4 Å². The summed E-state index contributed by atoms with van der Waals surface area (Å²) in [7, 11) is -2.30. The molecule has 30 heavy (non-hydrogen) atoms. The highest BCUT2D eigenvalue weighted by atomic mass is 32.2. The fraction of sp³-hybridized carbons (Fsp3) is 0.400. The van der Waals surface area contributed by atoms with Gasteiger partial charge in [0.2, 0.25) is 10.0 Å². The average molecular weight is 451 g/mol. The number of hydrogen-bond acceptors (Lipinski definition) is 7. The Hall–Kier alpha value is -2.27. The van der Waals surface area contributed by atoms with Gasteiger partial charge < -0.3 is 14.8 Å². The molecule has 10 heteroatoms. The van der Waals surface area contributed by atoms with E-state index in [1.807, 2.05) is 0 Å². The summed E-state index contributed by atoms with van der Waals surface area (Å²) < 4.78 is 36.9. The van der Waals surface area contributed by atoms with Crippen molar-refractivity contribution in [2.45, 2.75) is 24.2 Å². The monoisotopic (exact) mass is 450 g/mol. The van der Waals surface area contributed by atoms with Gasteiger partial charge in [0.25, 0.3) is 5.91 Å². The van der Waals surface area contributed by atoms with Crippen LogP contribution in [0.2, 0.25) is 0 Å². The Labute approximate surface area is 178 Å². The van der Waals surface area contributed by atoms with Crippen molar-refractivity contribution in [2.24, 2.45) is 0 Å². The van der Waals surface area contributed by atoms with Crippen LogP contribution in [-0.2, 0) is 32.3 Å². The smallest absolute Gasteiger partial charge is 0.341 e. The molecular formula is C20H22N2O6S2. The highest BCUT2D eigenvalue weighted by molar-refractivity contribution is 7.89. The van der Waals surface area contributed by atoms with E-state index >= 15 is 0 Å². The van der Waals surface area contributed by atoms with Crippen molar-refractivity contribution < 1.29 is 27.5 Å². The number of amides is 1. The van der Waals surface area contributed by atoms with Crippen LogP contribution in [0.3, 0.4) is 0 Å². The Balaban J connectivity index is 1.53. The Bertz CT molecular complexity index is 1070. The van der Waals surface area contributed by atoms with Crippen LogP contribution in [0.4, 0.5) is 5.00 Å². The predicted octanol–water partition coefficient (Wildman–Crippen LogP) is 2.30. The van der Waals surface area contributed by atoms with Crippen LogP contribution < -0.4 is 5.32 Å². The maximum absolute atomic E-state index is 12.7. The summed E-state index contributed by atoms with van der Waals surface area (Å²) in [6, 6.07) is 5.80. The number of sulfonamides is 1. The van der Waals surface area contributed by atoms with Crippen molar-refractivity contribution in [3.05, 3.63) is 45.8 Å². The second-order valence-corrected chi connectivity index (χ2v) is 10.1. The van der Waals surface area contributed by atoms with Crippen LogP contribution >= 0.6 is 11.3 Å². The summed E-state index contributed by atoms with van der Waals surface area (Å²) in [5.41, 5.74) is 1.68. The second kappa shape index (κ2) is 8.46. The molecule has 1 aromatic heterocycles. The standard InChI is InChI=1S/C20H22N2O6S2/c1-27-20(24)17-15-3-2-4-16(15)29-19(17)21-18(23)13-5-7-14(8-6-13)30(25,26)22-9-11-28-12-10-22/h5-8H,2-4,9-12H2,1H3,(H,21,23). The number of nitrogens with zero attached hydrogens (tertiary/aromatic N) is 1. The molecule has 1 fully saturated rings. The van der Waals surface area contributed by atoms with Crippen molar-refractivity contribution in [2.75, 3.05) is 38.7 Å². The number of rotatable bonds is 5. The fourth-order valence-electron chi connectivity index (χ4n) is 3.70. The van der Waals surface area contributed by atoms with E-state index in [2.05, 4.69) is 5.32 Å². The molecular weight excluding hydrogens is 428 g/mol. The zero-order valence-electron chi connectivity index (χ0n) is 16.5. The lowest BCUT2D eigenvalue weighted by molar-refractivity contribution is 0.0601. The molecule has 2 aromatic rings. The molecule has 1 aliphatic carbocycles. The molecule has 0 spiro atoms. The number of carbonyl (C=O) groups excluding carboxylic acids is 2. The van der Waals surface area contributed by atoms with Gasteiger partial charge in [-0.15, -0.1) is 11.3 Å². The summed E-state index contributed by atoms with van der Waals surface area (Å²) in [4.78, 5) is 26.2. The molecule has 4 rings (SSSR count). The first-order valence-corrected chi connectivity index (χ1v) is 11.9. The minimum absolute atomic E-state index is 0.131. The van der Waals surface area contributed by atoms with Gasteiger partial charge in [0.15, 0.2) is 0 Å². The fourth-order valence-corrected chi connectivity index (χ4v) is 6.38. The molecule has 1 aliphatic heterocycles. The predicted molar refractivity (Wildman–Crippen MR) is 112 cm³/mol. The van der Waals surface area contributed by atoms with E-state index in [0.717, 1.165) is 29.7 Å². The lowest BCUT2D eigenvalue weighted by Crippen LogP contribution is -2.40. The normalized spacial score (nSPS) is 16.8. The first kappa shape index (κ1) is 21.0. The number of hydrogen-bond donors (Lipinski definition) is 1. The number of ether oxygens (including phenoxy) is 2. The first-order valence-electron chi connectivity index (χ1n) is 9.64. The van der Waals surface area contributed by atoms with E-state index in [-0.39, 0.29) is 4.90 Å².